The van der Waals surface area contributed by atoms with E-state index in [0.29, 0.717) is 6.54 Å². The topological polar surface area (TPSA) is 64.6 Å². The highest BCUT2D eigenvalue weighted by atomic mass is 16.3. The Balaban J connectivity index is 1.77. The molecule has 3 N–H and O–H groups in total. The number of aliphatic hydroxyl groups excluding tert-OH is 1. The molecule has 1 saturated carbocycles. The van der Waals surface area contributed by atoms with E-state index in [-0.39, 0.29) is 18.2 Å². The maximum Gasteiger partial charge on any atom is 0.315 e. The van der Waals surface area contributed by atoms with Crippen LogP contribution in [-0.2, 0) is 6.54 Å². The Labute approximate surface area is 126 Å². The van der Waals surface area contributed by atoms with Crippen LogP contribution in [0.1, 0.15) is 31.2 Å². The lowest BCUT2D eigenvalue weighted by Crippen LogP contribution is -2.43. The number of nitrogens with one attached hydrogen (secondary N) is 2. The molecule has 2 rings (SSSR count). The number of hydrogen-bond acceptors (Lipinski definition) is 3. The summed E-state index contributed by atoms with van der Waals surface area (Å²) >= 11 is 0. The zero-order valence-electron chi connectivity index (χ0n) is 12.8. The van der Waals surface area contributed by atoms with E-state index < -0.39 is 0 Å². The van der Waals surface area contributed by atoms with Crippen LogP contribution in [-0.4, -0.2) is 37.4 Å². The number of amides is 2. The lowest BCUT2D eigenvalue weighted by Gasteiger charge is -2.26. The van der Waals surface area contributed by atoms with Crippen molar-refractivity contribution in [3.8, 4) is 0 Å². The van der Waals surface area contributed by atoms with Crippen molar-refractivity contribution in [3.63, 3.8) is 0 Å². The summed E-state index contributed by atoms with van der Waals surface area (Å²) in [4.78, 5) is 13.9. The molecule has 0 spiro atoms. The molecule has 1 aliphatic rings. The molecule has 0 unspecified atom stereocenters. The van der Waals surface area contributed by atoms with Gasteiger partial charge in [0.05, 0.1) is 6.10 Å². The Bertz CT molecular complexity index is 468. The van der Waals surface area contributed by atoms with E-state index in [1.807, 2.05) is 37.2 Å². The third-order valence-electron chi connectivity index (χ3n) is 3.91. The first-order valence-corrected chi connectivity index (χ1v) is 7.53. The molecule has 5 heteroatoms. The van der Waals surface area contributed by atoms with Crippen LogP contribution in [0.3, 0.4) is 0 Å². The average Bonchev–Trinajstić information content (AvgIpc) is 2.48. The Morgan fingerprint density at radius 1 is 1.29 bits per heavy atom. The Hall–Kier alpha value is -1.75. The summed E-state index contributed by atoms with van der Waals surface area (Å²) in [6, 6.07) is 8.15. The van der Waals surface area contributed by atoms with E-state index in [1.54, 1.807) is 0 Å². The fraction of sp³-hybridized carbons (Fsp3) is 0.562. The van der Waals surface area contributed by atoms with Gasteiger partial charge < -0.3 is 20.6 Å². The minimum atomic E-state index is -0.195. The van der Waals surface area contributed by atoms with Gasteiger partial charge >= 0.3 is 6.03 Å². The van der Waals surface area contributed by atoms with Gasteiger partial charge in [-0.25, -0.2) is 4.79 Å². The lowest BCUT2D eigenvalue weighted by atomic mass is 9.93. The summed E-state index contributed by atoms with van der Waals surface area (Å²) in [5.41, 5.74) is 2.20. The highest BCUT2D eigenvalue weighted by Crippen LogP contribution is 2.18. The number of anilines is 1. The molecule has 2 amide bonds. The molecule has 21 heavy (non-hydrogen) atoms. The summed E-state index contributed by atoms with van der Waals surface area (Å²) in [6.07, 6.45) is 3.06. The molecule has 0 radical (unpaired) electrons. The molecule has 0 heterocycles. The van der Waals surface area contributed by atoms with Crippen molar-refractivity contribution in [2.75, 3.05) is 19.0 Å². The van der Waals surface area contributed by atoms with E-state index in [2.05, 4.69) is 16.7 Å². The Morgan fingerprint density at radius 2 is 2.00 bits per heavy atom. The van der Waals surface area contributed by atoms with E-state index in [0.717, 1.165) is 36.9 Å². The number of carbonyl (C=O) groups is 1. The van der Waals surface area contributed by atoms with Gasteiger partial charge in [0.15, 0.2) is 0 Å². The van der Waals surface area contributed by atoms with Crippen molar-refractivity contribution in [2.45, 2.75) is 44.4 Å². The van der Waals surface area contributed by atoms with Crippen LogP contribution in [0.5, 0.6) is 0 Å². The van der Waals surface area contributed by atoms with Crippen molar-refractivity contribution < 1.29 is 9.90 Å². The Morgan fingerprint density at radius 3 is 2.67 bits per heavy atom. The van der Waals surface area contributed by atoms with Crippen molar-refractivity contribution in [1.29, 1.82) is 0 Å². The first kappa shape index (κ1) is 15.6. The van der Waals surface area contributed by atoms with E-state index in [1.165, 1.54) is 0 Å². The van der Waals surface area contributed by atoms with Gasteiger partial charge in [-0.05, 0) is 43.4 Å². The molecule has 0 saturated heterocycles. The third-order valence-corrected chi connectivity index (χ3v) is 3.91. The number of hydrogen-bond donors (Lipinski definition) is 3. The number of carbonyl (C=O) groups excluding carboxylic acids is 1. The van der Waals surface area contributed by atoms with Crippen LogP contribution < -0.4 is 15.5 Å². The Kier molecular flexibility index (Phi) is 5.44. The normalized spacial score (nSPS) is 21.7. The van der Waals surface area contributed by atoms with Gasteiger partial charge in [-0.1, -0.05) is 12.1 Å². The standard InChI is InChI=1S/C16H25N3O2/c1-19(2)14-5-3-4-12(10-14)11-17-16(21)18-13-6-8-15(20)9-7-13/h3-5,10,13,15,20H,6-9,11H2,1-2H3,(H2,17,18,21). The number of benzene rings is 1. The second kappa shape index (κ2) is 7.31. The first-order valence-electron chi connectivity index (χ1n) is 7.53. The molecule has 1 aromatic carbocycles. The highest BCUT2D eigenvalue weighted by molar-refractivity contribution is 5.74. The van der Waals surface area contributed by atoms with Gasteiger partial charge in [0.25, 0.3) is 0 Å². The summed E-state index contributed by atoms with van der Waals surface area (Å²) in [7, 11) is 3.99. The monoisotopic (exact) mass is 291 g/mol. The number of aliphatic hydroxyl groups is 1. The second-order valence-corrected chi connectivity index (χ2v) is 5.90. The third kappa shape index (κ3) is 4.93. The molecule has 0 bridgehead atoms. The van der Waals surface area contributed by atoms with Gasteiger partial charge in [0.1, 0.15) is 0 Å². The highest BCUT2D eigenvalue weighted by Gasteiger charge is 2.20. The maximum absolute atomic E-state index is 11.9. The van der Waals surface area contributed by atoms with Crippen LogP contribution in [0.15, 0.2) is 24.3 Å². The lowest BCUT2D eigenvalue weighted by molar-refractivity contribution is 0.117. The van der Waals surface area contributed by atoms with Gasteiger partial charge in [-0.15, -0.1) is 0 Å². The van der Waals surface area contributed by atoms with Crippen LogP contribution >= 0.6 is 0 Å². The van der Waals surface area contributed by atoms with Crippen LogP contribution in [0.4, 0.5) is 10.5 Å². The van der Waals surface area contributed by atoms with Crippen molar-refractivity contribution in [2.24, 2.45) is 0 Å². The molecule has 0 aromatic heterocycles. The van der Waals surface area contributed by atoms with E-state index >= 15 is 0 Å². The van der Waals surface area contributed by atoms with E-state index in [4.69, 9.17) is 0 Å². The molecule has 1 aromatic rings. The molecular weight excluding hydrogens is 266 g/mol. The van der Waals surface area contributed by atoms with Gasteiger partial charge in [0.2, 0.25) is 0 Å². The van der Waals surface area contributed by atoms with Crippen LogP contribution in [0.25, 0.3) is 0 Å². The number of rotatable bonds is 4. The van der Waals surface area contributed by atoms with Crippen LogP contribution in [0, 0.1) is 0 Å². The smallest absolute Gasteiger partial charge is 0.315 e. The minimum absolute atomic E-state index is 0.133. The van der Waals surface area contributed by atoms with Gasteiger partial charge in [-0.3, -0.25) is 0 Å². The summed E-state index contributed by atoms with van der Waals surface area (Å²) in [6.45, 7) is 0.517. The molecule has 5 nitrogen and oxygen atoms in total. The van der Waals surface area contributed by atoms with E-state index in [9.17, 15) is 9.90 Å². The minimum Gasteiger partial charge on any atom is -0.393 e. The molecule has 1 fully saturated rings. The predicted octanol–water partition coefficient (Wildman–Crippen LogP) is 1.86. The van der Waals surface area contributed by atoms with Crippen molar-refractivity contribution in [1.82, 2.24) is 10.6 Å². The second-order valence-electron chi connectivity index (χ2n) is 5.90. The molecular formula is C16H25N3O2. The molecule has 116 valence electrons. The number of nitrogens with zero attached hydrogens (tertiary/aromatic N) is 1. The molecule has 1 aliphatic carbocycles. The first-order chi connectivity index (χ1) is 10.0. The summed E-state index contributed by atoms with van der Waals surface area (Å²) in [5.74, 6) is 0. The molecule has 0 aliphatic heterocycles. The summed E-state index contributed by atoms with van der Waals surface area (Å²) < 4.78 is 0. The zero-order valence-corrected chi connectivity index (χ0v) is 12.8. The van der Waals surface area contributed by atoms with Gasteiger partial charge in [-0.2, -0.15) is 0 Å². The fourth-order valence-electron chi connectivity index (χ4n) is 2.58. The predicted molar refractivity (Wildman–Crippen MR) is 84.4 cm³/mol. The zero-order chi connectivity index (χ0) is 15.2. The number of urea groups is 1. The quantitative estimate of drug-likeness (QED) is 0.793. The van der Waals surface area contributed by atoms with Crippen molar-refractivity contribution in [3.05, 3.63) is 29.8 Å². The summed E-state index contributed by atoms with van der Waals surface area (Å²) in [5, 5.41) is 15.3. The average molecular weight is 291 g/mol. The molecule has 0 atom stereocenters. The van der Waals surface area contributed by atoms with Crippen molar-refractivity contribution >= 4 is 11.7 Å². The SMILES string of the molecule is CN(C)c1cccc(CNC(=O)NC2CCC(O)CC2)c1. The van der Waals surface area contributed by atoms with Crippen LogP contribution in [0.2, 0.25) is 0 Å². The largest absolute Gasteiger partial charge is 0.393 e. The fourth-order valence-corrected chi connectivity index (χ4v) is 2.58. The maximum atomic E-state index is 11.9. The van der Waals surface area contributed by atoms with Gasteiger partial charge in [0, 0.05) is 32.4 Å².